The van der Waals surface area contributed by atoms with Gasteiger partial charge in [-0.15, -0.1) is 0 Å². The van der Waals surface area contributed by atoms with Gasteiger partial charge in [-0.25, -0.2) is 14.4 Å². The van der Waals surface area contributed by atoms with Crippen molar-refractivity contribution in [1.29, 1.82) is 5.41 Å². The van der Waals surface area contributed by atoms with Crippen LogP contribution in [-0.4, -0.2) is 61.3 Å². The summed E-state index contributed by atoms with van der Waals surface area (Å²) in [4.78, 5) is 22.2. The summed E-state index contributed by atoms with van der Waals surface area (Å²) < 4.78 is 30.4. The molecule has 168 valence electrons. The molecule has 1 aromatic carbocycles. The number of amidine groups is 1. The molecule has 0 aliphatic carbocycles. The van der Waals surface area contributed by atoms with Gasteiger partial charge in [-0.2, -0.15) is 0 Å². The molecule has 2 heterocycles. The summed E-state index contributed by atoms with van der Waals surface area (Å²) in [6, 6.07) is 4.80. The summed E-state index contributed by atoms with van der Waals surface area (Å²) in [5.74, 6) is -0.944. The molecule has 31 heavy (non-hydrogen) atoms. The minimum Gasteiger partial charge on any atom is -0.460 e. The van der Waals surface area contributed by atoms with Crippen LogP contribution in [0.3, 0.4) is 0 Å². The maximum Gasteiger partial charge on any atom is 0.313 e. The van der Waals surface area contributed by atoms with Crippen molar-refractivity contribution in [1.82, 2.24) is 9.97 Å². The number of carbonyl (C=O) groups excluding carboxylic acids is 1. The van der Waals surface area contributed by atoms with Crippen molar-refractivity contribution in [3.63, 3.8) is 0 Å². The van der Waals surface area contributed by atoms with Gasteiger partial charge in [-0.1, -0.05) is 25.6 Å². The molecule has 2 aromatic rings. The zero-order chi connectivity index (χ0) is 21.5. The summed E-state index contributed by atoms with van der Waals surface area (Å²) in [6.45, 7) is 2.25. The normalized spacial score (nSPS) is 13.3. The molecule has 3 N–H and O–H groups in total. The average Bonchev–Trinajstić information content (AvgIpc) is 2.69. The number of aromatic nitrogens is 2. The van der Waals surface area contributed by atoms with Gasteiger partial charge in [0, 0.05) is 49.3 Å². The number of anilines is 1. The van der Waals surface area contributed by atoms with Gasteiger partial charge < -0.3 is 24.8 Å². The Labute approximate surface area is 180 Å². The Morgan fingerprint density at radius 2 is 2.00 bits per heavy atom. The minimum atomic E-state index is -0.681. The first-order valence-electron chi connectivity index (χ1n) is 9.41. The maximum atomic E-state index is 14.9. The standard InChI is InChI=1S/C20H24FN5O4.CH4/c1-28-5-6-29-15-10-26(11-15)20-24-8-14(9-25-20)16-4-2-3-13(19(16)21)12-30-18(27)7-17(22)23;/h2-4,8-9,15H,5-7,10-12H2,1H3,(H3,22,23);1H4. The highest BCUT2D eigenvalue weighted by atomic mass is 19.1. The average molecular weight is 433 g/mol. The quantitative estimate of drug-likeness (QED) is 0.253. The number of methoxy groups -OCH3 is 1. The van der Waals surface area contributed by atoms with Crippen LogP contribution in [0.1, 0.15) is 19.4 Å². The Morgan fingerprint density at radius 1 is 1.29 bits per heavy atom. The second-order valence-electron chi connectivity index (χ2n) is 6.80. The Kier molecular flexibility index (Phi) is 8.83. The fourth-order valence-electron chi connectivity index (χ4n) is 2.91. The Morgan fingerprint density at radius 3 is 2.65 bits per heavy atom. The first kappa shape index (κ1) is 24.2. The molecule has 1 aliphatic heterocycles. The third kappa shape index (κ3) is 6.43. The highest BCUT2D eigenvalue weighted by Crippen LogP contribution is 2.26. The number of halogens is 1. The van der Waals surface area contributed by atoms with Crippen molar-refractivity contribution in [3.8, 4) is 11.1 Å². The van der Waals surface area contributed by atoms with E-state index in [1.165, 1.54) is 6.07 Å². The Balaban J connectivity index is 0.00000341. The molecule has 0 atom stereocenters. The van der Waals surface area contributed by atoms with Gasteiger partial charge in [0.1, 0.15) is 24.7 Å². The Hall–Kier alpha value is -3.11. The van der Waals surface area contributed by atoms with E-state index in [4.69, 9.17) is 25.4 Å². The van der Waals surface area contributed by atoms with Gasteiger partial charge in [0.2, 0.25) is 5.95 Å². The highest BCUT2D eigenvalue weighted by Gasteiger charge is 2.29. The van der Waals surface area contributed by atoms with Crippen molar-refractivity contribution in [2.75, 3.05) is 38.3 Å². The summed E-state index contributed by atoms with van der Waals surface area (Å²) in [6.07, 6.45) is 2.92. The van der Waals surface area contributed by atoms with E-state index in [1.807, 2.05) is 4.90 Å². The maximum absolute atomic E-state index is 14.9. The molecule has 0 amide bonds. The highest BCUT2D eigenvalue weighted by molar-refractivity contribution is 5.94. The number of esters is 1. The first-order chi connectivity index (χ1) is 14.5. The summed E-state index contributed by atoms with van der Waals surface area (Å²) in [5, 5.41) is 7.08. The lowest BCUT2D eigenvalue weighted by atomic mass is 10.1. The van der Waals surface area contributed by atoms with Crippen LogP contribution in [0.5, 0.6) is 0 Å². The summed E-state index contributed by atoms with van der Waals surface area (Å²) in [7, 11) is 1.63. The van der Waals surface area contributed by atoms with Gasteiger partial charge in [0.15, 0.2) is 0 Å². The van der Waals surface area contributed by atoms with Crippen LogP contribution in [0.15, 0.2) is 30.6 Å². The zero-order valence-corrected chi connectivity index (χ0v) is 16.6. The van der Waals surface area contributed by atoms with E-state index < -0.39 is 11.8 Å². The molecule has 0 saturated carbocycles. The van der Waals surface area contributed by atoms with Crippen LogP contribution >= 0.6 is 0 Å². The molecule has 10 heteroatoms. The third-order valence-electron chi connectivity index (χ3n) is 4.52. The zero-order valence-electron chi connectivity index (χ0n) is 16.6. The summed E-state index contributed by atoms with van der Waals surface area (Å²) >= 11 is 0. The van der Waals surface area contributed by atoms with Crippen LogP contribution in [0, 0.1) is 11.2 Å². The van der Waals surface area contributed by atoms with Crippen molar-refractivity contribution in [2.24, 2.45) is 5.73 Å². The van der Waals surface area contributed by atoms with E-state index in [2.05, 4.69) is 9.97 Å². The number of benzene rings is 1. The van der Waals surface area contributed by atoms with Crippen molar-refractivity contribution >= 4 is 17.8 Å². The topological polar surface area (TPSA) is 124 Å². The number of nitrogens with two attached hydrogens (primary N) is 1. The van der Waals surface area contributed by atoms with Crippen LogP contribution in [-0.2, 0) is 25.6 Å². The van der Waals surface area contributed by atoms with Gasteiger partial charge in [-0.3, -0.25) is 10.2 Å². The minimum absolute atomic E-state index is 0. The molecule has 1 saturated heterocycles. The molecular weight excluding hydrogens is 405 g/mol. The van der Waals surface area contributed by atoms with Crippen LogP contribution in [0.4, 0.5) is 10.3 Å². The predicted octanol–water partition coefficient (Wildman–Crippen LogP) is 2.14. The molecule has 1 fully saturated rings. The lowest BCUT2D eigenvalue weighted by Crippen LogP contribution is -2.53. The van der Waals surface area contributed by atoms with E-state index in [1.54, 1.807) is 31.6 Å². The van der Waals surface area contributed by atoms with Crippen LogP contribution < -0.4 is 10.6 Å². The molecule has 0 bridgehead atoms. The van der Waals surface area contributed by atoms with Crippen LogP contribution in [0.2, 0.25) is 0 Å². The van der Waals surface area contributed by atoms with Crippen molar-refractivity contribution in [2.45, 2.75) is 26.6 Å². The fourth-order valence-corrected chi connectivity index (χ4v) is 2.91. The fraction of sp³-hybridized carbons (Fsp3) is 0.429. The van der Waals surface area contributed by atoms with Crippen LogP contribution in [0.25, 0.3) is 11.1 Å². The Bertz CT molecular complexity index is 888. The lowest BCUT2D eigenvalue weighted by Gasteiger charge is -2.38. The SMILES string of the molecule is C.COCCOC1CN(c2ncc(-c3cccc(COC(=O)CC(=N)N)c3F)cn2)C1. The van der Waals surface area contributed by atoms with E-state index in [0.29, 0.717) is 43.4 Å². The van der Waals surface area contributed by atoms with Gasteiger partial charge in [0.25, 0.3) is 0 Å². The largest absolute Gasteiger partial charge is 0.460 e. The number of hydrogen-bond acceptors (Lipinski definition) is 8. The predicted molar refractivity (Wildman–Crippen MR) is 114 cm³/mol. The van der Waals surface area contributed by atoms with E-state index in [0.717, 1.165) is 0 Å². The lowest BCUT2D eigenvalue weighted by molar-refractivity contribution is -0.143. The van der Waals surface area contributed by atoms with Crippen molar-refractivity contribution < 1.29 is 23.4 Å². The molecule has 3 rings (SSSR count). The van der Waals surface area contributed by atoms with E-state index >= 15 is 0 Å². The number of nitrogens with one attached hydrogen (secondary N) is 1. The molecule has 0 unspecified atom stereocenters. The molecule has 1 aliphatic rings. The van der Waals surface area contributed by atoms with E-state index in [-0.39, 0.29) is 38.0 Å². The molecular formula is C21H28FN5O4. The first-order valence-corrected chi connectivity index (χ1v) is 9.41. The number of ether oxygens (including phenoxy) is 3. The monoisotopic (exact) mass is 433 g/mol. The van der Waals surface area contributed by atoms with E-state index in [9.17, 15) is 9.18 Å². The molecule has 9 nitrogen and oxygen atoms in total. The van der Waals surface area contributed by atoms with Gasteiger partial charge >= 0.3 is 5.97 Å². The summed E-state index contributed by atoms with van der Waals surface area (Å²) in [5.41, 5.74) is 6.20. The third-order valence-corrected chi connectivity index (χ3v) is 4.52. The molecule has 0 spiro atoms. The van der Waals surface area contributed by atoms with Crippen molar-refractivity contribution in [3.05, 3.63) is 42.0 Å². The second kappa shape index (κ2) is 11.3. The smallest absolute Gasteiger partial charge is 0.313 e. The number of rotatable bonds is 10. The number of carbonyl (C=O) groups is 1. The molecule has 1 aromatic heterocycles. The molecule has 0 radical (unpaired) electrons. The number of hydrogen-bond donors (Lipinski definition) is 2. The van der Waals surface area contributed by atoms with Gasteiger partial charge in [0.05, 0.1) is 19.3 Å². The second-order valence-corrected chi connectivity index (χ2v) is 6.80. The van der Waals surface area contributed by atoms with Gasteiger partial charge in [-0.05, 0) is 0 Å². The number of nitrogens with zero attached hydrogens (tertiary/aromatic N) is 3.